The van der Waals surface area contributed by atoms with E-state index in [1.54, 1.807) is 0 Å². The van der Waals surface area contributed by atoms with Gasteiger partial charge in [-0.05, 0) is 24.8 Å². The molecule has 0 spiro atoms. The van der Waals surface area contributed by atoms with Gasteiger partial charge in [-0.15, -0.1) is 0 Å². The second kappa shape index (κ2) is 7.11. The SMILES string of the molecule is O=S1(=O)CCC(N(Cc2ccccc2)S(=O)(=O)N2CCCCC2)C1. The van der Waals surface area contributed by atoms with Gasteiger partial charge < -0.3 is 0 Å². The molecule has 0 aliphatic carbocycles. The van der Waals surface area contributed by atoms with E-state index in [-0.39, 0.29) is 18.1 Å². The molecule has 0 bridgehead atoms. The largest absolute Gasteiger partial charge is 0.282 e. The summed E-state index contributed by atoms with van der Waals surface area (Å²) in [6, 6.07) is 8.90. The van der Waals surface area contributed by atoms with Crippen LogP contribution in [0.15, 0.2) is 30.3 Å². The fourth-order valence-corrected chi connectivity index (χ4v) is 7.12. The molecule has 2 aliphatic rings. The van der Waals surface area contributed by atoms with Crippen LogP contribution in [0.25, 0.3) is 0 Å². The first-order valence-corrected chi connectivity index (χ1v) is 11.6. The molecule has 1 unspecified atom stereocenters. The van der Waals surface area contributed by atoms with Crippen LogP contribution >= 0.6 is 0 Å². The van der Waals surface area contributed by atoms with Gasteiger partial charge in [0.1, 0.15) is 0 Å². The molecule has 0 aromatic heterocycles. The van der Waals surface area contributed by atoms with E-state index < -0.39 is 26.1 Å². The molecule has 0 amide bonds. The highest BCUT2D eigenvalue weighted by Crippen LogP contribution is 2.26. The third kappa shape index (κ3) is 3.99. The predicted octanol–water partition coefficient (Wildman–Crippen LogP) is 1.41. The molecule has 134 valence electrons. The van der Waals surface area contributed by atoms with Gasteiger partial charge in [0.05, 0.1) is 11.5 Å². The summed E-state index contributed by atoms with van der Waals surface area (Å²) in [5.41, 5.74) is 0.877. The fraction of sp³-hybridized carbons (Fsp3) is 0.625. The summed E-state index contributed by atoms with van der Waals surface area (Å²) in [4.78, 5) is 0. The summed E-state index contributed by atoms with van der Waals surface area (Å²) in [5, 5.41) is 0. The van der Waals surface area contributed by atoms with Crippen LogP contribution in [-0.4, -0.2) is 56.1 Å². The molecule has 8 heteroatoms. The zero-order valence-corrected chi connectivity index (χ0v) is 15.3. The number of nitrogens with zero attached hydrogens (tertiary/aromatic N) is 2. The first kappa shape index (κ1) is 17.8. The summed E-state index contributed by atoms with van der Waals surface area (Å²) in [5.74, 6) is -0.00855. The van der Waals surface area contributed by atoms with Gasteiger partial charge in [0.2, 0.25) is 0 Å². The molecule has 1 atom stereocenters. The number of piperidine rings is 1. The highest BCUT2D eigenvalue weighted by Gasteiger charge is 2.40. The Morgan fingerprint density at radius 1 is 1.08 bits per heavy atom. The zero-order chi connectivity index (χ0) is 17.2. The average Bonchev–Trinajstić information content (AvgIpc) is 2.94. The lowest BCUT2D eigenvalue weighted by molar-refractivity contribution is 0.271. The number of rotatable bonds is 5. The van der Waals surface area contributed by atoms with Crippen molar-refractivity contribution in [2.24, 2.45) is 0 Å². The van der Waals surface area contributed by atoms with Crippen LogP contribution in [0.3, 0.4) is 0 Å². The van der Waals surface area contributed by atoms with Gasteiger partial charge in [-0.3, -0.25) is 0 Å². The molecular weight excluding hydrogens is 348 g/mol. The van der Waals surface area contributed by atoms with Crippen molar-refractivity contribution < 1.29 is 16.8 Å². The molecule has 0 N–H and O–H groups in total. The number of benzene rings is 1. The Bertz CT molecular complexity index is 757. The second-order valence-corrected chi connectivity index (χ2v) is 10.7. The minimum absolute atomic E-state index is 0.0679. The Hall–Kier alpha value is -0.960. The zero-order valence-electron chi connectivity index (χ0n) is 13.7. The highest BCUT2D eigenvalue weighted by atomic mass is 32.2. The van der Waals surface area contributed by atoms with Gasteiger partial charge in [-0.2, -0.15) is 17.0 Å². The van der Waals surface area contributed by atoms with E-state index in [4.69, 9.17) is 0 Å². The summed E-state index contributed by atoms with van der Waals surface area (Å²) >= 11 is 0. The van der Waals surface area contributed by atoms with Crippen molar-refractivity contribution in [1.29, 1.82) is 0 Å². The molecule has 3 rings (SSSR count). The van der Waals surface area contributed by atoms with E-state index in [0.717, 1.165) is 24.8 Å². The van der Waals surface area contributed by atoms with Crippen LogP contribution in [0.2, 0.25) is 0 Å². The number of hydrogen-bond donors (Lipinski definition) is 0. The Morgan fingerprint density at radius 2 is 1.75 bits per heavy atom. The highest BCUT2D eigenvalue weighted by molar-refractivity contribution is 7.91. The number of hydrogen-bond acceptors (Lipinski definition) is 4. The van der Waals surface area contributed by atoms with Crippen LogP contribution in [-0.2, 0) is 26.6 Å². The Balaban J connectivity index is 1.89. The third-order valence-corrected chi connectivity index (χ3v) is 8.52. The second-order valence-electron chi connectivity index (χ2n) is 6.56. The first-order valence-electron chi connectivity index (χ1n) is 8.40. The third-order valence-electron chi connectivity index (χ3n) is 4.73. The average molecular weight is 373 g/mol. The summed E-state index contributed by atoms with van der Waals surface area (Å²) in [7, 11) is -6.80. The fourth-order valence-electron chi connectivity index (χ4n) is 3.41. The van der Waals surface area contributed by atoms with Crippen molar-refractivity contribution >= 4 is 20.0 Å². The minimum Gasteiger partial charge on any atom is -0.229 e. The van der Waals surface area contributed by atoms with Crippen LogP contribution in [0.4, 0.5) is 0 Å². The van der Waals surface area contributed by atoms with Crippen molar-refractivity contribution in [2.75, 3.05) is 24.6 Å². The normalized spacial score (nSPS) is 25.1. The molecule has 6 nitrogen and oxygen atoms in total. The van der Waals surface area contributed by atoms with Crippen molar-refractivity contribution in [1.82, 2.24) is 8.61 Å². The van der Waals surface area contributed by atoms with Crippen LogP contribution in [0, 0.1) is 0 Å². The van der Waals surface area contributed by atoms with Crippen molar-refractivity contribution in [3.05, 3.63) is 35.9 Å². The van der Waals surface area contributed by atoms with E-state index >= 15 is 0 Å². The van der Waals surface area contributed by atoms with E-state index in [0.29, 0.717) is 19.5 Å². The molecule has 1 aromatic rings. The topological polar surface area (TPSA) is 74.8 Å². The maximum Gasteiger partial charge on any atom is 0.282 e. The Kier molecular flexibility index (Phi) is 5.29. The monoisotopic (exact) mass is 372 g/mol. The molecular formula is C16H24N2O4S2. The van der Waals surface area contributed by atoms with Crippen LogP contribution < -0.4 is 0 Å². The molecule has 2 fully saturated rings. The van der Waals surface area contributed by atoms with Crippen LogP contribution in [0.5, 0.6) is 0 Å². The van der Waals surface area contributed by atoms with Gasteiger partial charge in [0.15, 0.2) is 9.84 Å². The number of sulfone groups is 1. The molecule has 24 heavy (non-hydrogen) atoms. The van der Waals surface area contributed by atoms with Gasteiger partial charge in [-0.25, -0.2) is 8.42 Å². The Morgan fingerprint density at radius 3 is 2.33 bits per heavy atom. The van der Waals surface area contributed by atoms with Gasteiger partial charge in [0.25, 0.3) is 10.2 Å². The first-order chi connectivity index (χ1) is 11.4. The lowest BCUT2D eigenvalue weighted by atomic mass is 10.2. The van der Waals surface area contributed by atoms with Crippen molar-refractivity contribution in [3.8, 4) is 0 Å². The smallest absolute Gasteiger partial charge is 0.229 e. The van der Waals surface area contributed by atoms with E-state index in [2.05, 4.69) is 0 Å². The summed E-state index contributed by atoms with van der Waals surface area (Å²) in [6.07, 6.45) is 3.15. The van der Waals surface area contributed by atoms with E-state index in [9.17, 15) is 16.8 Å². The summed E-state index contributed by atoms with van der Waals surface area (Å²) < 4.78 is 53.0. The molecule has 1 aromatic carbocycles. The molecule has 0 radical (unpaired) electrons. The standard InChI is InChI=1S/C16H24N2O4S2/c19-23(20)12-9-16(14-23)18(13-15-7-3-1-4-8-15)24(21,22)17-10-5-2-6-11-17/h1,3-4,7-8,16H,2,5-6,9-14H2. The van der Waals surface area contributed by atoms with Gasteiger partial charge in [-0.1, -0.05) is 36.8 Å². The maximum absolute atomic E-state index is 13.1. The molecule has 0 saturated carbocycles. The van der Waals surface area contributed by atoms with Gasteiger partial charge in [0, 0.05) is 25.7 Å². The van der Waals surface area contributed by atoms with Crippen molar-refractivity contribution in [2.45, 2.75) is 38.3 Å². The molecule has 2 aliphatic heterocycles. The van der Waals surface area contributed by atoms with Gasteiger partial charge >= 0.3 is 0 Å². The lowest BCUT2D eigenvalue weighted by Gasteiger charge is -2.35. The minimum atomic E-state index is -3.65. The molecule has 2 heterocycles. The molecule has 2 saturated heterocycles. The van der Waals surface area contributed by atoms with E-state index in [1.165, 1.54) is 8.61 Å². The Labute approximate surface area is 144 Å². The van der Waals surface area contributed by atoms with Crippen molar-refractivity contribution in [3.63, 3.8) is 0 Å². The van der Waals surface area contributed by atoms with Crippen LogP contribution in [0.1, 0.15) is 31.2 Å². The predicted molar refractivity (Wildman–Crippen MR) is 93.4 cm³/mol. The summed E-state index contributed by atoms with van der Waals surface area (Å²) in [6.45, 7) is 1.26. The maximum atomic E-state index is 13.1. The lowest BCUT2D eigenvalue weighted by Crippen LogP contribution is -2.50. The van der Waals surface area contributed by atoms with E-state index in [1.807, 2.05) is 30.3 Å². The quantitative estimate of drug-likeness (QED) is 0.783.